The van der Waals surface area contributed by atoms with Gasteiger partial charge in [0.1, 0.15) is 0 Å². The van der Waals surface area contributed by atoms with Gasteiger partial charge >= 0.3 is 0 Å². The molecule has 0 saturated heterocycles. The first-order valence-electron chi connectivity index (χ1n) is 5.82. The lowest BCUT2D eigenvalue weighted by Crippen LogP contribution is -1.92. The molecule has 18 heavy (non-hydrogen) atoms. The average molecular weight is 283 g/mol. The highest BCUT2D eigenvalue weighted by atomic mass is 35.5. The molecule has 96 valence electrons. The fourth-order valence-corrected chi connectivity index (χ4v) is 2.44. The first-order valence-corrected chi connectivity index (χ1v) is 7.07. The van der Waals surface area contributed by atoms with Crippen molar-refractivity contribution in [3.63, 3.8) is 0 Å². The highest BCUT2D eigenvalue weighted by molar-refractivity contribution is 7.99. The van der Waals surface area contributed by atoms with Gasteiger partial charge in [0.25, 0.3) is 0 Å². The normalized spacial score (nSPS) is 12.9. The Morgan fingerprint density at radius 2 is 1.83 bits per heavy atom. The molecule has 0 amide bonds. The molecular formula is C13H15ClN2OS. The molecule has 2 aromatic rings. The van der Waals surface area contributed by atoms with E-state index in [1.807, 2.05) is 38.1 Å². The molecule has 0 aliphatic heterocycles. The summed E-state index contributed by atoms with van der Waals surface area (Å²) < 4.78 is 5.28. The zero-order valence-corrected chi connectivity index (χ0v) is 12.1. The first-order chi connectivity index (χ1) is 8.56. The van der Waals surface area contributed by atoms with Crippen LogP contribution < -0.4 is 0 Å². The van der Waals surface area contributed by atoms with Gasteiger partial charge in [0, 0.05) is 15.8 Å². The van der Waals surface area contributed by atoms with Gasteiger partial charge in [0.2, 0.25) is 5.89 Å². The molecule has 5 heteroatoms. The molecule has 0 N–H and O–H groups in total. The van der Waals surface area contributed by atoms with Crippen molar-refractivity contribution in [3.05, 3.63) is 41.0 Å². The van der Waals surface area contributed by atoms with E-state index in [2.05, 4.69) is 17.1 Å². The summed E-state index contributed by atoms with van der Waals surface area (Å²) in [6.07, 6.45) is 0. The van der Waals surface area contributed by atoms with Crippen LogP contribution >= 0.6 is 23.4 Å². The molecule has 0 spiro atoms. The number of rotatable bonds is 4. The van der Waals surface area contributed by atoms with E-state index >= 15 is 0 Å². The summed E-state index contributed by atoms with van der Waals surface area (Å²) in [4.78, 5) is 5.53. The second-order valence-electron chi connectivity index (χ2n) is 4.36. The Kier molecular flexibility index (Phi) is 4.30. The van der Waals surface area contributed by atoms with Crippen LogP contribution in [0.25, 0.3) is 0 Å². The monoisotopic (exact) mass is 282 g/mol. The zero-order valence-electron chi connectivity index (χ0n) is 10.6. The van der Waals surface area contributed by atoms with E-state index in [1.54, 1.807) is 11.8 Å². The Morgan fingerprint density at radius 1 is 1.17 bits per heavy atom. The molecule has 0 aliphatic carbocycles. The third-order valence-electron chi connectivity index (χ3n) is 2.45. The lowest BCUT2D eigenvalue weighted by Gasteiger charge is -2.06. The third-order valence-corrected chi connectivity index (χ3v) is 3.80. The minimum Gasteiger partial charge on any atom is -0.338 e. The number of hydrogen-bond donors (Lipinski definition) is 0. The van der Waals surface area contributed by atoms with Crippen LogP contribution in [0.2, 0.25) is 5.02 Å². The van der Waals surface area contributed by atoms with Crippen molar-refractivity contribution in [1.29, 1.82) is 0 Å². The van der Waals surface area contributed by atoms with Gasteiger partial charge in [-0.2, -0.15) is 4.98 Å². The molecule has 0 saturated carbocycles. The Morgan fingerprint density at radius 3 is 2.39 bits per heavy atom. The van der Waals surface area contributed by atoms with E-state index in [1.165, 1.54) is 0 Å². The summed E-state index contributed by atoms with van der Waals surface area (Å²) in [5, 5.41) is 4.85. The number of aromatic nitrogens is 2. The van der Waals surface area contributed by atoms with Crippen LogP contribution in [0.15, 0.2) is 33.7 Å². The maximum atomic E-state index is 5.85. The van der Waals surface area contributed by atoms with Gasteiger partial charge in [-0.1, -0.05) is 30.6 Å². The molecule has 3 nitrogen and oxygen atoms in total. The van der Waals surface area contributed by atoms with Crippen LogP contribution in [-0.4, -0.2) is 10.1 Å². The highest BCUT2D eigenvalue weighted by Gasteiger charge is 2.16. The SMILES string of the molecule is CC(C)c1noc(C(C)Sc2ccc(Cl)cc2)n1. The molecule has 1 unspecified atom stereocenters. The highest BCUT2D eigenvalue weighted by Crippen LogP contribution is 2.34. The molecule has 1 aromatic carbocycles. The lowest BCUT2D eigenvalue weighted by molar-refractivity contribution is 0.373. The summed E-state index contributed by atoms with van der Waals surface area (Å²) in [6, 6.07) is 7.74. The maximum Gasteiger partial charge on any atom is 0.239 e. The van der Waals surface area contributed by atoms with Crippen molar-refractivity contribution in [2.24, 2.45) is 0 Å². The van der Waals surface area contributed by atoms with Gasteiger partial charge < -0.3 is 4.52 Å². The second-order valence-corrected chi connectivity index (χ2v) is 6.21. The standard InChI is InChI=1S/C13H15ClN2OS/c1-8(2)12-15-13(17-16-12)9(3)18-11-6-4-10(14)5-7-11/h4-9H,1-3H3. The lowest BCUT2D eigenvalue weighted by atomic mass is 10.2. The van der Waals surface area contributed by atoms with E-state index in [9.17, 15) is 0 Å². The molecule has 0 bridgehead atoms. The van der Waals surface area contributed by atoms with Crippen molar-refractivity contribution >= 4 is 23.4 Å². The smallest absolute Gasteiger partial charge is 0.239 e. The predicted molar refractivity (Wildman–Crippen MR) is 74.1 cm³/mol. The fraction of sp³-hybridized carbons (Fsp3) is 0.385. The van der Waals surface area contributed by atoms with Crippen molar-refractivity contribution in [3.8, 4) is 0 Å². The molecule has 0 aliphatic rings. The Hall–Kier alpha value is -1.00. The fourth-order valence-electron chi connectivity index (χ4n) is 1.41. The van der Waals surface area contributed by atoms with E-state index in [0.29, 0.717) is 5.89 Å². The average Bonchev–Trinajstić information content (AvgIpc) is 2.81. The minimum absolute atomic E-state index is 0.131. The minimum atomic E-state index is 0.131. The summed E-state index contributed by atoms with van der Waals surface area (Å²) in [6.45, 7) is 6.15. The van der Waals surface area contributed by atoms with Gasteiger partial charge in [-0.3, -0.25) is 0 Å². The summed E-state index contributed by atoms with van der Waals surface area (Å²) in [5.74, 6) is 1.71. The second kappa shape index (κ2) is 5.76. The Bertz CT molecular complexity index is 510. The number of hydrogen-bond acceptors (Lipinski definition) is 4. The molecule has 1 atom stereocenters. The summed E-state index contributed by atoms with van der Waals surface area (Å²) >= 11 is 7.53. The largest absolute Gasteiger partial charge is 0.338 e. The predicted octanol–water partition coefficient (Wildman–Crippen LogP) is 4.70. The van der Waals surface area contributed by atoms with Crippen LogP contribution in [0.1, 0.15) is 43.7 Å². The number of benzene rings is 1. The quantitative estimate of drug-likeness (QED) is 0.762. The molecule has 1 aromatic heterocycles. The van der Waals surface area contributed by atoms with Crippen molar-refractivity contribution in [2.75, 3.05) is 0 Å². The van der Waals surface area contributed by atoms with Gasteiger partial charge in [0.05, 0.1) is 5.25 Å². The molecule has 0 fully saturated rings. The van der Waals surface area contributed by atoms with E-state index in [-0.39, 0.29) is 11.2 Å². The van der Waals surface area contributed by atoms with Gasteiger partial charge in [-0.15, -0.1) is 11.8 Å². The maximum absolute atomic E-state index is 5.85. The molecule has 1 heterocycles. The Balaban J connectivity index is 2.06. The molecular weight excluding hydrogens is 268 g/mol. The number of thioether (sulfide) groups is 1. The van der Waals surface area contributed by atoms with Gasteiger partial charge in [-0.05, 0) is 31.2 Å². The van der Waals surface area contributed by atoms with Gasteiger partial charge in [0.15, 0.2) is 5.82 Å². The van der Waals surface area contributed by atoms with E-state index in [0.717, 1.165) is 15.7 Å². The van der Waals surface area contributed by atoms with E-state index < -0.39 is 0 Å². The van der Waals surface area contributed by atoms with Crippen LogP contribution in [0.5, 0.6) is 0 Å². The van der Waals surface area contributed by atoms with Gasteiger partial charge in [-0.25, -0.2) is 0 Å². The third kappa shape index (κ3) is 3.27. The Labute approximate surface area is 116 Å². The number of halogens is 1. The van der Waals surface area contributed by atoms with Crippen LogP contribution in [0.4, 0.5) is 0 Å². The van der Waals surface area contributed by atoms with Crippen LogP contribution in [0.3, 0.4) is 0 Å². The van der Waals surface area contributed by atoms with E-state index in [4.69, 9.17) is 16.1 Å². The first kappa shape index (κ1) is 13.4. The number of nitrogens with zero attached hydrogens (tertiary/aromatic N) is 2. The van der Waals surface area contributed by atoms with Crippen LogP contribution in [0, 0.1) is 0 Å². The molecule has 0 radical (unpaired) electrons. The van der Waals surface area contributed by atoms with Crippen molar-refractivity contribution in [1.82, 2.24) is 10.1 Å². The molecule has 2 rings (SSSR count). The van der Waals surface area contributed by atoms with Crippen LogP contribution in [-0.2, 0) is 0 Å². The van der Waals surface area contributed by atoms with Crippen molar-refractivity contribution in [2.45, 2.75) is 36.8 Å². The summed E-state index contributed by atoms with van der Waals surface area (Å²) in [7, 11) is 0. The zero-order chi connectivity index (χ0) is 13.1. The van der Waals surface area contributed by atoms with Crippen molar-refractivity contribution < 1.29 is 4.52 Å². The summed E-state index contributed by atoms with van der Waals surface area (Å²) in [5.41, 5.74) is 0. The topological polar surface area (TPSA) is 38.9 Å².